The SMILES string of the molecule is C=CCn1c(SCC(=O)c2cccc3ccccc23)nnc1[C@H]1COc2ccccc2O1. The van der Waals surface area contributed by atoms with Crippen molar-refractivity contribution in [2.24, 2.45) is 0 Å². The van der Waals surface area contributed by atoms with Crippen LogP contribution in [0.4, 0.5) is 0 Å². The second-order valence-electron chi connectivity index (χ2n) is 7.34. The van der Waals surface area contributed by atoms with Crippen LogP contribution in [0.15, 0.2) is 84.5 Å². The molecule has 0 saturated carbocycles. The van der Waals surface area contributed by atoms with Gasteiger partial charge in [-0.05, 0) is 22.9 Å². The first kappa shape index (κ1) is 20.3. The molecule has 160 valence electrons. The maximum absolute atomic E-state index is 13.0. The number of para-hydroxylation sites is 2. The van der Waals surface area contributed by atoms with Gasteiger partial charge in [0, 0.05) is 12.1 Å². The number of thioether (sulfide) groups is 1. The van der Waals surface area contributed by atoms with Gasteiger partial charge >= 0.3 is 0 Å². The number of carbonyl (C=O) groups is 1. The number of ketones is 1. The highest BCUT2D eigenvalue weighted by Crippen LogP contribution is 2.36. The van der Waals surface area contributed by atoms with Crippen molar-refractivity contribution >= 4 is 28.3 Å². The molecule has 3 aromatic carbocycles. The van der Waals surface area contributed by atoms with Crippen LogP contribution in [0, 0.1) is 0 Å². The summed E-state index contributed by atoms with van der Waals surface area (Å²) in [6.45, 7) is 4.70. The molecule has 0 spiro atoms. The minimum absolute atomic E-state index is 0.0488. The van der Waals surface area contributed by atoms with E-state index in [0.29, 0.717) is 41.2 Å². The molecule has 6 nitrogen and oxygen atoms in total. The Hall–Kier alpha value is -3.58. The molecule has 7 heteroatoms. The number of rotatable bonds is 7. The van der Waals surface area contributed by atoms with Crippen LogP contribution < -0.4 is 9.47 Å². The lowest BCUT2D eigenvalue weighted by Crippen LogP contribution is -2.25. The Labute approximate surface area is 189 Å². The molecule has 0 N–H and O–H groups in total. The maximum atomic E-state index is 13.0. The number of aromatic nitrogens is 3. The summed E-state index contributed by atoms with van der Waals surface area (Å²) in [7, 11) is 0. The van der Waals surface area contributed by atoms with Gasteiger partial charge in [0.25, 0.3) is 0 Å². The van der Waals surface area contributed by atoms with E-state index in [0.717, 1.165) is 10.8 Å². The van der Waals surface area contributed by atoms with Crippen molar-refractivity contribution in [3.8, 4) is 11.5 Å². The van der Waals surface area contributed by atoms with E-state index in [2.05, 4.69) is 16.8 Å². The number of Topliss-reactive ketones (excluding diaryl/α,β-unsaturated/α-hetero) is 1. The molecule has 5 rings (SSSR count). The summed E-state index contributed by atoms with van der Waals surface area (Å²) in [6, 6.07) is 21.3. The zero-order chi connectivity index (χ0) is 21.9. The highest BCUT2D eigenvalue weighted by atomic mass is 32.2. The molecule has 0 radical (unpaired) electrons. The molecule has 4 aromatic rings. The zero-order valence-corrected chi connectivity index (χ0v) is 18.1. The number of ether oxygens (including phenoxy) is 2. The molecule has 0 unspecified atom stereocenters. The Bertz CT molecular complexity index is 1300. The molecule has 2 heterocycles. The van der Waals surface area contributed by atoms with E-state index in [1.807, 2.05) is 71.3 Å². The van der Waals surface area contributed by atoms with Crippen LogP contribution >= 0.6 is 11.8 Å². The number of hydrogen-bond acceptors (Lipinski definition) is 6. The van der Waals surface area contributed by atoms with Crippen molar-refractivity contribution in [3.63, 3.8) is 0 Å². The Balaban J connectivity index is 1.36. The third-order valence-electron chi connectivity index (χ3n) is 5.28. The fourth-order valence-corrected chi connectivity index (χ4v) is 4.61. The molecule has 0 aliphatic carbocycles. The molecule has 32 heavy (non-hydrogen) atoms. The molecule has 1 atom stereocenters. The first-order valence-electron chi connectivity index (χ1n) is 10.3. The quantitative estimate of drug-likeness (QED) is 0.225. The van der Waals surface area contributed by atoms with Gasteiger partial charge < -0.3 is 9.47 Å². The van der Waals surface area contributed by atoms with E-state index in [4.69, 9.17) is 9.47 Å². The van der Waals surface area contributed by atoms with Crippen molar-refractivity contribution in [1.29, 1.82) is 0 Å². The number of allylic oxidation sites excluding steroid dienone is 1. The van der Waals surface area contributed by atoms with Crippen LogP contribution in [-0.2, 0) is 6.54 Å². The molecule has 0 fully saturated rings. The average molecular weight is 444 g/mol. The molecule has 1 aliphatic heterocycles. The summed E-state index contributed by atoms with van der Waals surface area (Å²) in [6.07, 6.45) is 1.39. The summed E-state index contributed by atoms with van der Waals surface area (Å²) in [5.74, 6) is 2.35. The van der Waals surface area contributed by atoms with Crippen LogP contribution in [0.2, 0.25) is 0 Å². The van der Waals surface area contributed by atoms with Gasteiger partial charge in [0.2, 0.25) is 0 Å². The monoisotopic (exact) mass is 443 g/mol. The smallest absolute Gasteiger partial charge is 0.192 e. The maximum Gasteiger partial charge on any atom is 0.192 e. The van der Waals surface area contributed by atoms with Crippen molar-refractivity contribution in [2.75, 3.05) is 12.4 Å². The third kappa shape index (κ3) is 3.87. The van der Waals surface area contributed by atoms with Gasteiger partial charge in [0.15, 0.2) is 34.4 Å². The predicted octanol–water partition coefficient (Wildman–Crippen LogP) is 5.10. The highest BCUT2D eigenvalue weighted by Gasteiger charge is 2.28. The minimum atomic E-state index is -0.388. The number of nitrogens with zero attached hydrogens (tertiary/aromatic N) is 3. The Kier molecular flexibility index (Phi) is 5.64. The van der Waals surface area contributed by atoms with Gasteiger partial charge in [-0.2, -0.15) is 0 Å². The molecule has 0 saturated heterocycles. The number of benzene rings is 3. The van der Waals surface area contributed by atoms with Crippen molar-refractivity contribution in [2.45, 2.75) is 17.8 Å². The fraction of sp³-hybridized carbons (Fsp3) is 0.160. The molecular weight excluding hydrogens is 422 g/mol. The van der Waals surface area contributed by atoms with Crippen molar-refractivity contribution in [3.05, 3.63) is 90.8 Å². The fourth-order valence-electron chi connectivity index (χ4n) is 3.77. The topological polar surface area (TPSA) is 66.2 Å². The molecule has 1 aliphatic rings. The van der Waals surface area contributed by atoms with E-state index < -0.39 is 0 Å². The van der Waals surface area contributed by atoms with Gasteiger partial charge in [-0.15, -0.1) is 16.8 Å². The van der Waals surface area contributed by atoms with Crippen molar-refractivity contribution in [1.82, 2.24) is 14.8 Å². The van der Waals surface area contributed by atoms with Crippen LogP contribution in [-0.4, -0.2) is 32.9 Å². The van der Waals surface area contributed by atoms with Crippen LogP contribution in [0.1, 0.15) is 22.3 Å². The molecule has 1 aromatic heterocycles. The number of fused-ring (bicyclic) bond motifs is 2. The first-order chi connectivity index (χ1) is 15.7. The van der Waals surface area contributed by atoms with Gasteiger partial charge in [-0.1, -0.05) is 72.4 Å². The third-order valence-corrected chi connectivity index (χ3v) is 6.24. The Morgan fingerprint density at radius 3 is 2.72 bits per heavy atom. The zero-order valence-electron chi connectivity index (χ0n) is 17.3. The number of hydrogen-bond donors (Lipinski definition) is 0. The Morgan fingerprint density at radius 2 is 1.84 bits per heavy atom. The Morgan fingerprint density at radius 1 is 1.06 bits per heavy atom. The summed E-state index contributed by atoms with van der Waals surface area (Å²) in [5, 5.41) is 11.4. The van der Waals surface area contributed by atoms with E-state index in [-0.39, 0.29) is 17.6 Å². The summed E-state index contributed by atoms with van der Waals surface area (Å²) < 4.78 is 13.9. The average Bonchev–Trinajstić information content (AvgIpc) is 3.24. The molecular formula is C25H21N3O3S. The lowest BCUT2D eigenvalue weighted by atomic mass is 10.0. The van der Waals surface area contributed by atoms with Crippen LogP contribution in [0.25, 0.3) is 10.8 Å². The van der Waals surface area contributed by atoms with E-state index >= 15 is 0 Å². The van der Waals surface area contributed by atoms with Crippen molar-refractivity contribution < 1.29 is 14.3 Å². The highest BCUT2D eigenvalue weighted by molar-refractivity contribution is 7.99. The predicted molar refractivity (Wildman–Crippen MR) is 125 cm³/mol. The first-order valence-corrected chi connectivity index (χ1v) is 11.3. The number of carbonyl (C=O) groups excluding carboxylic acids is 1. The van der Waals surface area contributed by atoms with Gasteiger partial charge in [0.05, 0.1) is 5.75 Å². The second kappa shape index (κ2) is 8.88. The normalized spacial score (nSPS) is 14.9. The molecule has 0 amide bonds. The second-order valence-corrected chi connectivity index (χ2v) is 8.29. The summed E-state index contributed by atoms with van der Waals surface area (Å²) in [4.78, 5) is 13.0. The summed E-state index contributed by atoms with van der Waals surface area (Å²) in [5.41, 5.74) is 0.714. The van der Waals surface area contributed by atoms with Gasteiger partial charge in [0.1, 0.15) is 6.61 Å². The standard InChI is InChI=1S/C25H21N3O3S/c1-2-14-28-24(23-15-30-21-12-5-6-13-22(21)31-23)26-27-25(28)32-16-20(29)19-11-7-9-17-8-3-4-10-18(17)19/h2-13,23H,1,14-16H2/t23-/m1/s1. The van der Waals surface area contributed by atoms with E-state index in [9.17, 15) is 4.79 Å². The lowest BCUT2D eigenvalue weighted by Gasteiger charge is -2.26. The summed E-state index contributed by atoms with van der Waals surface area (Å²) >= 11 is 1.36. The van der Waals surface area contributed by atoms with Gasteiger partial charge in [-0.25, -0.2) is 0 Å². The van der Waals surface area contributed by atoms with Gasteiger partial charge in [-0.3, -0.25) is 9.36 Å². The van der Waals surface area contributed by atoms with E-state index in [1.54, 1.807) is 6.08 Å². The largest absolute Gasteiger partial charge is 0.485 e. The van der Waals surface area contributed by atoms with Crippen LogP contribution in [0.5, 0.6) is 11.5 Å². The van der Waals surface area contributed by atoms with Crippen LogP contribution in [0.3, 0.4) is 0 Å². The molecule has 0 bridgehead atoms. The lowest BCUT2D eigenvalue weighted by molar-refractivity contribution is 0.0821. The van der Waals surface area contributed by atoms with E-state index in [1.165, 1.54) is 11.8 Å². The minimum Gasteiger partial charge on any atom is -0.485 e.